The normalized spacial score (nSPS) is 16.3. The fourth-order valence-corrected chi connectivity index (χ4v) is 4.53. The van der Waals surface area contributed by atoms with Crippen LogP contribution in [0.25, 0.3) is 0 Å². The Kier molecular flexibility index (Phi) is 4.95. The molecule has 9 heteroatoms. The van der Waals surface area contributed by atoms with Crippen molar-refractivity contribution in [3.05, 3.63) is 76.9 Å². The number of carbonyl (C=O) groups is 1. The summed E-state index contributed by atoms with van der Waals surface area (Å²) >= 11 is 0. The minimum Gasteiger partial charge on any atom is -0.346 e. The van der Waals surface area contributed by atoms with Crippen LogP contribution in [-0.4, -0.2) is 25.8 Å². The molecule has 140 valence electrons. The van der Waals surface area contributed by atoms with E-state index in [1.807, 2.05) is 0 Å². The fraction of sp³-hybridized carbons (Fsp3) is 0.167. The monoisotopic (exact) mass is 387 g/mol. The van der Waals surface area contributed by atoms with Crippen LogP contribution in [0.3, 0.4) is 0 Å². The van der Waals surface area contributed by atoms with E-state index in [1.54, 1.807) is 24.3 Å². The van der Waals surface area contributed by atoms with Gasteiger partial charge in [0, 0.05) is 18.7 Å². The van der Waals surface area contributed by atoms with Gasteiger partial charge in [-0.05, 0) is 36.3 Å². The summed E-state index contributed by atoms with van der Waals surface area (Å²) in [4.78, 5) is 21.8. The van der Waals surface area contributed by atoms with Gasteiger partial charge in [0.1, 0.15) is 0 Å². The highest BCUT2D eigenvalue weighted by Crippen LogP contribution is 2.37. The van der Waals surface area contributed by atoms with Crippen LogP contribution in [0.4, 0.5) is 11.4 Å². The Morgan fingerprint density at radius 3 is 2.52 bits per heavy atom. The molecule has 27 heavy (non-hydrogen) atoms. The quantitative estimate of drug-likeness (QED) is 0.482. The van der Waals surface area contributed by atoms with Gasteiger partial charge in [-0.15, -0.1) is 0 Å². The van der Waals surface area contributed by atoms with E-state index in [1.165, 1.54) is 22.5 Å². The molecule has 0 spiro atoms. The van der Waals surface area contributed by atoms with E-state index in [-0.39, 0.29) is 29.1 Å². The number of amides is 1. The van der Waals surface area contributed by atoms with Crippen molar-refractivity contribution in [2.45, 2.75) is 17.4 Å². The second kappa shape index (κ2) is 7.20. The lowest BCUT2D eigenvalue weighted by atomic mass is 9.98. The molecule has 0 aromatic heterocycles. The molecule has 3 rings (SSSR count). The van der Waals surface area contributed by atoms with Crippen molar-refractivity contribution in [2.75, 3.05) is 10.8 Å². The van der Waals surface area contributed by atoms with Crippen molar-refractivity contribution in [3.8, 4) is 0 Å². The van der Waals surface area contributed by atoms with Crippen LogP contribution >= 0.6 is 0 Å². The van der Waals surface area contributed by atoms with Gasteiger partial charge in [0.15, 0.2) is 0 Å². The summed E-state index contributed by atoms with van der Waals surface area (Å²) in [5.74, 6) is -0.332. The number of sulfonamides is 1. The number of anilines is 1. The summed E-state index contributed by atoms with van der Waals surface area (Å²) in [6.45, 7) is 3.59. The fourth-order valence-electron chi connectivity index (χ4n) is 3.03. The van der Waals surface area contributed by atoms with Gasteiger partial charge < -0.3 is 5.32 Å². The van der Waals surface area contributed by atoms with Gasteiger partial charge in [-0.25, -0.2) is 8.42 Å². The van der Waals surface area contributed by atoms with E-state index >= 15 is 0 Å². The zero-order valence-electron chi connectivity index (χ0n) is 14.2. The summed E-state index contributed by atoms with van der Waals surface area (Å²) in [5, 5.41) is 13.6. The third kappa shape index (κ3) is 3.54. The third-order valence-corrected chi connectivity index (χ3v) is 6.17. The molecule has 1 aliphatic heterocycles. The molecule has 2 aromatic carbocycles. The van der Waals surface area contributed by atoms with Crippen molar-refractivity contribution in [1.82, 2.24) is 5.32 Å². The van der Waals surface area contributed by atoms with Crippen LogP contribution in [0.2, 0.25) is 0 Å². The lowest BCUT2D eigenvalue weighted by Gasteiger charge is -2.35. The van der Waals surface area contributed by atoms with Crippen molar-refractivity contribution in [3.63, 3.8) is 0 Å². The number of fused-ring (bicyclic) bond motifs is 1. The molecule has 1 atom stereocenters. The van der Waals surface area contributed by atoms with Crippen LogP contribution in [0.15, 0.2) is 66.1 Å². The van der Waals surface area contributed by atoms with Crippen LogP contribution in [-0.2, 0) is 14.8 Å². The Balaban J connectivity index is 1.98. The second-order valence-corrected chi connectivity index (χ2v) is 7.80. The van der Waals surface area contributed by atoms with Gasteiger partial charge in [-0.3, -0.25) is 19.2 Å². The van der Waals surface area contributed by atoms with Crippen LogP contribution in [0, 0.1) is 10.1 Å². The van der Waals surface area contributed by atoms with Crippen molar-refractivity contribution < 1.29 is 18.1 Å². The zero-order valence-corrected chi connectivity index (χ0v) is 15.1. The average Bonchev–Trinajstić information content (AvgIpc) is 2.68. The van der Waals surface area contributed by atoms with E-state index < -0.39 is 14.9 Å². The predicted octanol–water partition coefficient (Wildman–Crippen LogP) is 2.54. The Morgan fingerprint density at radius 2 is 1.89 bits per heavy atom. The van der Waals surface area contributed by atoms with Gasteiger partial charge in [-0.2, -0.15) is 0 Å². The number of nitrogens with zero attached hydrogens (tertiary/aromatic N) is 2. The number of nitro groups is 1. The van der Waals surface area contributed by atoms with E-state index in [2.05, 4.69) is 11.9 Å². The molecule has 2 aromatic rings. The Bertz CT molecular complexity index is 1000. The van der Waals surface area contributed by atoms with Crippen LogP contribution in [0.1, 0.15) is 18.0 Å². The Labute approximate surface area is 156 Å². The van der Waals surface area contributed by atoms with E-state index in [0.717, 1.165) is 12.1 Å². The molecule has 1 heterocycles. The predicted molar refractivity (Wildman–Crippen MR) is 99.8 cm³/mol. The maximum absolute atomic E-state index is 13.1. The first-order chi connectivity index (χ1) is 12.8. The number of nitrogens with one attached hydrogen (secondary N) is 1. The number of carbonyl (C=O) groups excluding carboxylic acids is 1. The minimum absolute atomic E-state index is 0.0310. The first kappa shape index (κ1) is 18.6. The molecule has 0 radical (unpaired) electrons. The molecule has 0 fully saturated rings. The number of non-ortho nitro benzene ring substituents is 1. The largest absolute Gasteiger partial charge is 0.346 e. The van der Waals surface area contributed by atoms with E-state index in [4.69, 9.17) is 0 Å². The van der Waals surface area contributed by atoms with E-state index in [0.29, 0.717) is 17.7 Å². The van der Waals surface area contributed by atoms with E-state index in [9.17, 15) is 23.3 Å². The minimum atomic E-state index is -3.90. The molecule has 0 bridgehead atoms. The highest BCUT2D eigenvalue weighted by atomic mass is 32.2. The lowest BCUT2D eigenvalue weighted by molar-refractivity contribution is -0.384. The maximum Gasteiger partial charge on any atom is 0.269 e. The standard InChI is InChI=1S/C18H17N3O5S/c1-2-18(22)19-16-11-12-20(17-6-4-3-5-15(16)17)27(25,26)14-9-7-13(8-10-14)21(23)24/h2-10,16H,1,11-12H2,(H,19,22). The highest BCUT2D eigenvalue weighted by molar-refractivity contribution is 7.92. The SMILES string of the molecule is C=CC(=O)NC1CCN(S(=O)(=O)c2ccc([N+](=O)[O-])cc2)c2ccccc21. The van der Waals surface area contributed by atoms with Gasteiger partial charge >= 0.3 is 0 Å². The summed E-state index contributed by atoms with van der Waals surface area (Å²) in [6, 6.07) is 11.4. The number of hydrogen-bond donors (Lipinski definition) is 1. The van der Waals surface area contributed by atoms with Gasteiger partial charge in [0.2, 0.25) is 5.91 Å². The summed E-state index contributed by atoms with van der Waals surface area (Å²) in [7, 11) is -3.90. The van der Waals surface area contributed by atoms with Gasteiger partial charge in [-0.1, -0.05) is 24.8 Å². The molecular formula is C18H17N3O5S. The number of nitro benzene ring substituents is 1. The second-order valence-electron chi connectivity index (χ2n) is 5.94. The Morgan fingerprint density at radius 1 is 1.22 bits per heavy atom. The smallest absolute Gasteiger partial charge is 0.269 e. The third-order valence-electron chi connectivity index (χ3n) is 4.34. The highest BCUT2D eigenvalue weighted by Gasteiger charge is 2.33. The Hall–Kier alpha value is -3.20. The topological polar surface area (TPSA) is 110 Å². The average molecular weight is 387 g/mol. The molecule has 0 aliphatic carbocycles. The molecule has 0 saturated heterocycles. The molecular weight excluding hydrogens is 370 g/mol. The summed E-state index contributed by atoms with van der Waals surface area (Å²) in [5.41, 5.74) is 0.973. The van der Waals surface area contributed by atoms with Gasteiger partial charge in [0.05, 0.1) is 21.5 Å². The van der Waals surface area contributed by atoms with Crippen molar-refractivity contribution in [2.24, 2.45) is 0 Å². The zero-order chi connectivity index (χ0) is 19.6. The first-order valence-electron chi connectivity index (χ1n) is 8.13. The summed E-state index contributed by atoms with van der Waals surface area (Å²) < 4.78 is 27.4. The summed E-state index contributed by atoms with van der Waals surface area (Å²) in [6.07, 6.45) is 1.56. The number of para-hydroxylation sites is 1. The van der Waals surface area contributed by atoms with Gasteiger partial charge in [0.25, 0.3) is 15.7 Å². The van der Waals surface area contributed by atoms with Crippen LogP contribution in [0.5, 0.6) is 0 Å². The number of benzene rings is 2. The first-order valence-corrected chi connectivity index (χ1v) is 9.57. The van der Waals surface area contributed by atoms with Crippen LogP contribution < -0.4 is 9.62 Å². The number of hydrogen-bond acceptors (Lipinski definition) is 5. The van der Waals surface area contributed by atoms with Crippen molar-refractivity contribution >= 4 is 27.3 Å². The molecule has 1 amide bonds. The maximum atomic E-state index is 13.1. The molecule has 8 nitrogen and oxygen atoms in total. The number of rotatable bonds is 5. The van der Waals surface area contributed by atoms with Crippen molar-refractivity contribution in [1.29, 1.82) is 0 Å². The molecule has 0 saturated carbocycles. The molecule has 1 aliphatic rings. The lowest BCUT2D eigenvalue weighted by Crippen LogP contribution is -2.40. The molecule has 1 unspecified atom stereocenters. The molecule has 1 N–H and O–H groups in total.